The average molecular weight is 500 g/mol. The molecule has 2 saturated heterocycles. The van der Waals surface area contributed by atoms with Gasteiger partial charge in [0.05, 0.1) is 13.2 Å². The number of nitrogens with zero attached hydrogens (tertiary/aromatic N) is 3. The summed E-state index contributed by atoms with van der Waals surface area (Å²) in [4.78, 5) is 9.50. The predicted octanol–water partition coefficient (Wildman–Crippen LogP) is 3.59. The molecule has 158 valence electrons. The molecule has 1 aromatic carbocycles. The predicted molar refractivity (Wildman–Crippen MR) is 127 cm³/mol. The van der Waals surface area contributed by atoms with E-state index in [-0.39, 0.29) is 24.0 Å². The first-order valence-electron chi connectivity index (χ1n) is 10.6. The third-order valence-electron chi connectivity index (χ3n) is 5.88. The summed E-state index contributed by atoms with van der Waals surface area (Å²) in [6, 6.07) is 11.1. The number of ether oxygens (including phenoxy) is 1. The van der Waals surface area contributed by atoms with Gasteiger partial charge in [-0.2, -0.15) is 0 Å². The van der Waals surface area contributed by atoms with Crippen LogP contribution in [-0.4, -0.2) is 68.2 Å². The number of hydrogen-bond acceptors (Lipinski definition) is 3. The zero-order valence-electron chi connectivity index (χ0n) is 17.5. The van der Waals surface area contributed by atoms with Gasteiger partial charge in [0.15, 0.2) is 5.96 Å². The fourth-order valence-electron chi connectivity index (χ4n) is 4.21. The molecule has 0 radical (unpaired) electrons. The van der Waals surface area contributed by atoms with E-state index in [1.165, 1.54) is 37.8 Å². The van der Waals surface area contributed by atoms with E-state index in [9.17, 15) is 0 Å². The molecule has 0 saturated carbocycles. The van der Waals surface area contributed by atoms with Crippen molar-refractivity contribution in [3.8, 4) is 0 Å². The summed E-state index contributed by atoms with van der Waals surface area (Å²) in [7, 11) is 1.89. The molecule has 0 aromatic heterocycles. The summed E-state index contributed by atoms with van der Waals surface area (Å²) in [6.07, 6.45) is 5.24. The maximum absolute atomic E-state index is 5.94. The van der Waals surface area contributed by atoms with Crippen LogP contribution in [0.25, 0.3) is 0 Å². The minimum atomic E-state index is 0. The third-order valence-corrected chi connectivity index (χ3v) is 5.88. The molecule has 2 atom stereocenters. The van der Waals surface area contributed by atoms with Crippen molar-refractivity contribution in [2.75, 3.05) is 46.4 Å². The van der Waals surface area contributed by atoms with Gasteiger partial charge in [0.1, 0.15) is 0 Å². The molecule has 2 unspecified atom stereocenters. The van der Waals surface area contributed by atoms with E-state index in [2.05, 4.69) is 51.3 Å². The van der Waals surface area contributed by atoms with E-state index in [1.807, 2.05) is 13.1 Å². The summed E-state index contributed by atoms with van der Waals surface area (Å²) < 4.78 is 5.94. The third kappa shape index (κ3) is 7.19. The van der Waals surface area contributed by atoms with Crippen LogP contribution in [0.5, 0.6) is 0 Å². The number of piperidine rings is 1. The van der Waals surface area contributed by atoms with Crippen LogP contribution in [0.2, 0.25) is 0 Å². The molecule has 1 aromatic rings. The molecule has 2 fully saturated rings. The molecule has 0 spiro atoms. The van der Waals surface area contributed by atoms with Gasteiger partial charge in [0, 0.05) is 45.2 Å². The molecule has 5 nitrogen and oxygen atoms in total. The van der Waals surface area contributed by atoms with Gasteiger partial charge in [-0.15, -0.1) is 24.0 Å². The van der Waals surface area contributed by atoms with E-state index in [1.54, 1.807) is 0 Å². The molecule has 6 heteroatoms. The molecule has 2 heterocycles. The van der Waals surface area contributed by atoms with Gasteiger partial charge < -0.3 is 15.0 Å². The lowest BCUT2D eigenvalue weighted by molar-refractivity contribution is 0.0906. The Hall–Kier alpha value is -0.860. The lowest BCUT2D eigenvalue weighted by Gasteiger charge is -2.33. The summed E-state index contributed by atoms with van der Waals surface area (Å²) in [5, 5.41) is 3.58. The first-order chi connectivity index (χ1) is 13.3. The molecule has 0 amide bonds. The zero-order valence-corrected chi connectivity index (χ0v) is 19.8. The lowest BCUT2D eigenvalue weighted by Crippen LogP contribution is -2.46. The van der Waals surface area contributed by atoms with Crippen LogP contribution >= 0.6 is 24.0 Å². The van der Waals surface area contributed by atoms with Crippen LogP contribution in [0.1, 0.15) is 38.2 Å². The van der Waals surface area contributed by atoms with Gasteiger partial charge in [-0.05, 0) is 38.3 Å². The van der Waals surface area contributed by atoms with Gasteiger partial charge in [0.2, 0.25) is 0 Å². The molecule has 0 bridgehead atoms. The van der Waals surface area contributed by atoms with Crippen molar-refractivity contribution >= 4 is 29.9 Å². The van der Waals surface area contributed by atoms with Crippen molar-refractivity contribution in [3.05, 3.63) is 35.9 Å². The Morgan fingerprint density at radius 3 is 2.75 bits per heavy atom. The smallest absolute Gasteiger partial charge is 0.193 e. The first kappa shape index (κ1) is 23.4. The van der Waals surface area contributed by atoms with Gasteiger partial charge >= 0.3 is 0 Å². The van der Waals surface area contributed by atoms with E-state index in [0.717, 1.165) is 44.8 Å². The normalized spacial score (nSPS) is 23.5. The van der Waals surface area contributed by atoms with Crippen molar-refractivity contribution in [3.63, 3.8) is 0 Å². The molecule has 1 N–H and O–H groups in total. The fraction of sp³-hybridized carbons (Fsp3) is 0.682. The number of likely N-dealkylation sites (tertiary alicyclic amines) is 2. The Labute approximate surface area is 187 Å². The molecule has 2 aliphatic rings. The fourth-order valence-corrected chi connectivity index (χ4v) is 4.21. The molecule has 0 aliphatic carbocycles. The highest BCUT2D eigenvalue weighted by Crippen LogP contribution is 2.18. The van der Waals surface area contributed by atoms with Crippen molar-refractivity contribution in [1.82, 2.24) is 15.1 Å². The summed E-state index contributed by atoms with van der Waals surface area (Å²) in [5.41, 5.74) is 1.25. The first-order valence-corrected chi connectivity index (χ1v) is 10.6. The highest BCUT2D eigenvalue weighted by Gasteiger charge is 2.25. The number of nitrogens with one attached hydrogen (secondary N) is 1. The second-order valence-corrected chi connectivity index (χ2v) is 7.96. The number of guanidine groups is 1. The van der Waals surface area contributed by atoms with Crippen LogP contribution in [0.4, 0.5) is 0 Å². The highest BCUT2D eigenvalue weighted by molar-refractivity contribution is 14.0. The zero-order chi connectivity index (χ0) is 18.9. The Morgan fingerprint density at radius 2 is 2.00 bits per heavy atom. The van der Waals surface area contributed by atoms with Crippen LogP contribution in [0.15, 0.2) is 35.3 Å². The van der Waals surface area contributed by atoms with Crippen molar-refractivity contribution in [2.24, 2.45) is 10.9 Å². The second kappa shape index (κ2) is 12.6. The second-order valence-electron chi connectivity index (χ2n) is 7.96. The van der Waals surface area contributed by atoms with Crippen LogP contribution in [-0.2, 0) is 11.3 Å². The number of aliphatic imine (C=N–C) groups is 1. The maximum atomic E-state index is 5.94. The van der Waals surface area contributed by atoms with Crippen LogP contribution < -0.4 is 5.32 Å². The average Bonchev–Trinajstić information content (AvgIpc) is 3.16. The Morgan fingerprint density at radius 1 is 1.18 bits per heavy atom. The monoisotopic (exact) mass is 500 g/mol. The number of benzene rings is 1. The van der Waals surface area contributed by atoms with Gasteiger partial charge in [0.25, 0.3) is 0 Å². The minimum Gasteiger partial charge on any atom is -0.376 e. The number of hydrogen-bond donors (Lipinski definition) is 1. The summed E-state index contributed by atoms with van der Waals surface area (Å²) in [6.45, 7) is 9.32. The summed E-state index contributed by atoms with van der Waals surface area (Å²) in [5.74, 6) is 1.64. The molecule has 2 aliphatic heterocycles. The Bertz CT molecular complexity index is 583. The Balaban J connectivity index is 0.00000280. The molecular formula is C22H37IN4O. The van der Waals surface area contributed by atoms with Gasteiger partial charge in [-0.1, -0.05) is 36.8 Å². The number of halogens is 1. The molecular weight excluding hydrogens is 463 g/mol. The van der Waals surface area contributed by atoms with E-state index >= 15 is 0 Å². The maximum Gasteiger partial charge on any atom is 0.193 e. The topological polar surface area (TPSA) is 40.1 Å². The standard InChI is InChI=1S/C22H36N4O.HI/c1-19-8-6-7-13-25(19)15-12-24-22(23-2)26-14-11-21(16-26)18-27-17-20-9-4-3-5-10-20;/h3-5,9-10,19,21H,6-8,11-18H2,1-2H3,(H,23,24);1H. The lowest BCUT2D eigenvalue weighted by atomic mass is 10.0. The van der Waals surface area contributed by atoms with Crippen molar-refractivity contribution < 1.29 is 4.74 Å². The van der Waals surface area contributed by atoms with Crippen LogP contribution in [0, 0.1) is 5.92 Å². The van der Waals surface area contributed by atoms with Crippen molar-refractivity contribution in [2.45, 2.75) is 45.3 Å². The number of rotatable bonds is 7. The minimum absolute atomic E-state index is 0. The van der Waals surface area contributed by atoms with E-state index in [0.29, 0.717) is 12.5 Å². The van der Waals surface area contributed by atoms with E-state index in [4.69, 9.17) is 4.74 Å². The Kier molecular flexibility index (Phi) is 10.6. The van der Waals surface area contributed by atoms with Crippen LogP contribution in [0.3, 0.4) is 0 Å². The molecule has 28 heavy (non-hydrogen) atoms. The largest absolute Gasteiger partial charge is 0.376 e. The SMILES string of the molecule is CN=C(NCCN1CCCCC1C)N1CCC(COCc2ccccc2)C1.I. The quantitative estimate of drug-likeness (QED) is 0.353. The van der Waals surface area contributed by atoms with Gasteiger partial charge in [-0.3, -0.25) is 9.89 Å². The van der Waals surface area contributed by atoms with Gasteiger partial charge in [-0.25, -0.2) is 0 Å². The summed E-state index contributed by atoms with van der Waals surface area (Å²) >= 11 is 0. The molecule has 3 rings (SSSR count). The highest BCUT2D eigenvalue weighted by atomic mass is 127. The van der Waals surface area contributed by atoms with Crippen molar-refractivity contribution in [1.29, 1.82) is 0 Å². The van der Waals surface area contributed by atoms with E-state index < -0.39 is 0 Å².